The highest BCUT2D eigenvalue weighted by molar-refractivity contribution is 5.79. The minimum absolute atomic E-state index is 0.704. The van der Waals surface area contributed by atoms with E-state index >= 15 is 0 Å². The molecule has 3 nitrogen and oxygen atoms in total. The largest absolute Gasteiger partial charge is 0.399 e. The third kappa shape index (κ3) is 2.01. The lowest BCUT2D eigenvalue weighted by Gasteiger charge is -2.25. The highest BCUT2D eigenvalue weighted by atomic mass is 15.1. The number of hydrogen-bond donors (Lipinski definition) is 1. The Labute approximate surface area is 113 Å². The summed E-state index contributed by atoms with van der Waals surface area (Å²) in [6.45, 7) is 1.14. The summed E-state index contributed by atoms with van der Waals surface area (Å²) in [5.41, 5.74) is 9.05. The highest BCUT2D eigenvalue weighted by Crippen LogP contribution is 2.41. The first-order chi connectivity index (χ1) is 9.31. The molecule has 19 heavy (non-hydrogen) atoms. The predicted octanol–water partition coefficient (Wildman–Crippen LogP) is 3.69. The van der Waals surface area contributed by atoms with E-state index in [4.69, 9.17) is 10.7 Å². The van der Waals surface area contributed by atoms with Gasteiger partial charge >= 0.3 is 0 Å². The summed E-state index contributed by atoms with van der Waals surface area (Å²) in [7, 11) is 0. The first-order valence-corrected chi connectivity index (χ1v) is 7.57. The first kappa shape index (κ1) is 11.3. The van der Waals surface area contributed by atoms with Gasteiger partial charge in [0.2, 0.25) is 0 Å². The van der Waals surface area contributed by atoms with Crippen molar-refractivity contribution in [3.05, 3.63) is 24.0 Å². The fourth-order valence-corrected chi connectivity index (χ4v) is 3.15. The third-order valence-electron chi connectivity index (χ3n) is 4.73. The maximum atomic E-state index is 5.88. The van der Waals surface area contributed by atoms with Gasteiger partial charge in [-0.1, -0.05) is 19.3 Å². The summed E-state index contributed by atoms with van der Waals surface area (Å²) in [4.78, 5) is 4.84. The molecular formula is C16H21N3. The van der Waals surface area contributed by atoms with Crippen molar-refractivity contribution in [3.63, 3.8) is 0 Å². The molecule has 2 aliphatic carbocycles. The molecule has 2 aromatic rings. The van der Waals surface area contributed by atoms with Crippen LogP contribution in [0.25, 0.3) is 11.0 Å². The zero-order valence-corrected chi connectivity index (χ0v) is 11.3. The van der Waals surface area contributed by atoms with Crippen LogP contribution >= 0.6 is 0 Å². The molecule has 2 saturated carbocycles. The number of aryl methyl sites for hydroxylation is 1. The predicted molar refractivity (Wildman–Crippen MR) is 78.1 cm³/mol. The maximum Gasteiger partial charge on any atom is 0.112 e. The number of nitrogens with zero attached hydrogens (tertiary/aromatic N) is 2. The molecule has 0 unspecified atom stereocenters. The normalized spacial score (nSPS) is 19.8. The van der Waals surface area contributed by atoms with Crippen LogP contribution in [-0.2, 0) is 6.54 Å². The van der Waals surface area contributed by atoms with Gasteiger partial charge in [-0.3, -0.25) is 0 Å². The number of fused-ring (bicyclic) bond motifs is 1. The molecule has 100 valence electrons. The Morgan fingerprint density at radius 2 is 2.05 bits per heavy atom. The molecule has 0 aliphatic heterocycles. The molecule has 1 aromatic heterocycles. The number of nitrogens with two attached hydrogens (primary N) is 1. The summed E-state index contributed by atoms with van der Waals surface area (Å²) in [6.07, 6.45) is 8.22. The molecule has 2 aliphatic rings. The molecule has 3 heteroatoms. The van der Waals surface area contributed by atoms with Crippen LogP contribution in [0.4, 0.5) is 5.69 Å². The van der Waals surface area contributed by atoms with Crippen molar-refractivity contribution in [2.24, 2.45) is 5.92 Å². The molecule has 0 amide bonds. The molecule has 0 saturated heterocycles. The molecule has 0 atom stereocenters. The van der Waals surface area contributed by atoms with E-state index in [-0.39, 0.29) is 0 Å². The molecule has 2 N–H and O–H groups in total. The molecule has 0 radical (unpaired) electrons. The molecule has 0 spiro atoms. The van der Waals surface area contributed by atoms with Gasteiger partial charge in [-0.25, -0.2) is 4.98 Å². The molecule has 2 fully saturated rings. The average molecular weight is 255 g/mol. The summed E-state index contributed by atoms with van der Waals surface area (Å²) in [5, 5.41) is 0. The van der Waals surface area contributed by atoms with E-state index in [2.05, 4.69) is 10.6 Å². The summed E-state index contributed by atoms with van der Waals surface area (Å²) in [5.74, 6) is 2.97. The maximum absolute atomic E-state index is 5.88. The minimum Gasteiger partial charge on any atom is -0.399 e. The molecule has 4 rings (SSSR count). The van der Waals surface area contributed by atoms with Crippen molar-refractivity contribution in [1.29, 1.82) is 0 Å². The minimum atomic E-state index is 0.704. The van der Waals surface area contributed by atoms with E-state index in [1.54, 1.807) is 0 Å². The van der Waals surface area contributed by atoms with Gasteiger partial charge < -0.3 is 10.3 Å². The molecule has 1 heterocycles. The second-order valence-electron chi connectivity index (χ2n) is 6.23. The Kier molecular flexibility index (Phi) is 2.54. The zero-order chi connectivity index (χ0) is 12.8. The quantitative estimate of drug-likeness (QED) is 0.847. The van der Waals surface area contributed by atoms with Gasteiger partial charge in [-0.15, -0.1) is 0 Å². The van der Waals surface area contributed by atoms with Crippen molar-refractivity contribution < 1.29 is 0 Å². The number of benzene rings is 1. The second kappa shape index (κ2) is 4.26. The van der Waals surface area contributed by atoms with E-state index in [1.165, 1.54) is 49.9 Å². The van der Waals surface area contributed by atoms with Crippen LogP contribution in [0.2, 0.25) is 0 Å². The highest BCUT2D eigenvalue weighted by Gasteiger charge is 2.30. The van der Waals surface area contributed by atoms with E-state index in [9.17, 15) is 0 Å². The molecule has 0 bridgehead atoms. The third-order valence-corrected chi connectivity index (χ3v) is 4.73. The van der Waals surface area contributed by atoms with Crippen LogP contribution in [0.1, 0.15) is 50.3 Å². The van der Waals surface area contributed by atoms with Crippen molar-refractivity contribution in [2.45, 2.75) is 51.0 Å². The van der Waals surface area contributed by atoms with E-state index < -0.39 is 0 Å². The van der Waals surface area contributed by atoms with Crippen molar-refractivity contribution in [3.8, 4) is 0 Å². The van der Waals surface area contributed by atoms with Gasteiger partial charge in [-0.05, 0) is 43.4 Å². The Bertz CT molecular complexity index is 606. The summed E-state index contributed by atoms with van der Waals surface area (Å²) in [6, 6.07) is 6.16. The average Bonchev–Trinajstić information content (AvgIpc) is 3.11. The van der Waals surface area contributed by atoms with E-state index in [0.717, 1.165) is 23.7 Å². The van der Waals surface area contributed by atoms with Gasteiger partial charge in [0, 0.05) is 18.2 Å². The smallest absolute Gasteiger partial charge is 0.112 e. The number of anilines is 1. The van der Waals surface area contributed by atoms with E-state index in [1.807, 2.05) is 12.1 Å². The monoisotopic (exact) mass is 255 g/mol. The first-order valence-electron chi connectivity index (χ1n) is 7.57. The number of nitrogen functional groups attached to an aromatic ring is 1. The number of hydrogen-bond acceptors (Lipinski definition) is 2. The lowest BCUT2D eigenvalue weighted by atomic mass is 9.83. The summed E-state index contributed by atoms with van der Waals surface area (Å²) < 4.78 is 2.46. The van der Waals surface area contributed by atoms with Crippen LogP contribution in [0.3, 0.4) is 0 Å². The van der Waals surface area contributed by atoms with Gasteiger partial charge in [0.1, 0.15) is 5.82 Å². The topological polar surface area (TPSA) is 43.8 Å². The van der Waals surface area contributed by atoms with Gasteiger partial charge in [0.05, 0.1) is 11.0 Å². The Morgan fingerprint density at radius 1 is 1.21 bits per heavy atom. The zero-order valence-electron chi connectivity index (χ0n) is 11.3. The van der Waals surface area contributed by atoms with E-state index in [0.29, 0.717) is 5.92 Å². The number of aromatic nitrogens is 2. The molecule has 1 aromatic carbocycles. The van der Waals surface area contributed by atoms with Crippen molar-refractivity contribution in [2.75, 3.05) is 5.73 Å². The fraction of sp³-hybridized carbons (Fsp3) is 0.562. The summed E-state index contributed by atoms with van der Waals surface area (Å²) >= 11 is 0. The van der Waals surface area contributed by atoms with Gasteiger partial charge in [-0.2, -0.15) is 0 Å². The van der Waals surface area contributed by atoms with Crippen LogP contribution in [0.5, 0.6) is 0 Å². The lowest BCUT2D eigenvalue weighted by molar-refractivity contribution is 0.282. The lowest BCUT2D eigenvalue weighted by Crippen LogP contribution is -2.14. The number of imidazole rings is 1. The van der Waals surface area contributed by atoms with Crippen molar-refractivity contribution >= 4 is 16.7 Å². The second-order valence-corrected chi connectivity index (χ2v) is 6.23. The van der Waals surface area contributed by atoms with Crippen LogP contribution in [-0.4, -0.2) is 9.55 Å². The Morgan fingerprint density at radius 3 is 2.74 bits per heavy atom. The van der Waals surface area contributed by atoms with Gasteiger partial charge in [0.15, 0.2) is 0 Å². The number of rotatable bonds is 4. The van der Waals surface area contributed by atoms with Gasteiger partial charge in [0.25, 0.3) is 0 Å². The Hall–Kier alpha value is -1.51. The molecular weight excluding hydrogens is 234 g/mol. The van der Waals surface area contributed by atoms with Crippen LogP contribution in [0.15, 0.2) is 18.2 Å². The van der Waals surface area contributed by atoms with Crippen molar-refractivity contribution in [1.82, 2.24) is 9.55 Å². The SMILES string of the molecule is Nc1ccc2c(c1)nc(C1CC1)n2CCC1CCC1. The van der Waals surface area contributed by atoms with Crippen LogP contribution < -0.4 is 5.73 Å². The Balaban J connectivity index is 1.70. The fourth-order valence-electron chi connectivity index (χ4n) is 3.15. The van der Waals surface area contributed by atoms with Crippen LogP contribution in [0, 0.1) is 5.92 Å². The standard InChI is InChI=1S/C16H21N3/c17-13-6-7-15-14(10-13)18-16(12-4-5-12)19(15)9-8-11-2-1-3-11/h6-7,10-12H,1-5,8-9,17H2.